The summed E-state index contributed by atoms with van der Waals surface area (Å²) in [4.78, 5) is 27.3. The van der Waals surface area contributed by atoms with Crippen LogP contribution in [0.2, 0.25) is 0 Å². The summed E-state index contributed by atoms with van der Waals surface area (Å²) < 4.78 is 13.8. The molecular weight excluding hydrogens is 331 g/mol. The van der Waals surface area contributed by atoms with Crippen molar-refractivity contribution in [2.45, 2.75) is 39.4 Å². The molecule has 0 unspecified atom stereocenters. The molecule has 3 rings (SSSR count). The molecule has 0 aromatic heterocycles. The van der Waals surface area contributed by atoms with Crippen LogP contribution in [0.3, 0.4) is 0 Å². The largest absolute Gasteiger partial charge is 0.350 e. The second-order valence-corrected chi connectivity index (χ2v) is 6.73. The molecule has 0 spiro atoms. The Hall–Kier alpha value is -2.69. The quantitative estimate of drug-likeness (QED) is 0.863. The summed E-state index contributed by atoms with van der Waals surface area (Å²) in [5.74, 6) is -0.720. The van der Waals surface area contributed by atoms with Gasteiger partial charge in [-0.1, -0.05) is 56.7 Å². The summed E-state index contributed by atoms with van der Waals surface area (Å²) in [6, 6.07) is 13.2. The van der Waals surface area contributed by atoms with Crippen LogP contribution in [0.25, 0.3) is 0 Å². The van der Waals surface area contributed by atoms with Gasteiger partial charge in [0.05, 0.1) is 0 Å². The topological polar surface area (TPSA) is 49.4 Å². The van der Waals surface area contributed by atoms with Gasteiger partial charge in [-0.3, -0.25) is 9.59 Å². The molecule has 0 saturated heterocycles. The van der Waals surface area contributed by atoms with Crippen molar-refractivity contribution in [3.63, 3.8) is 0 Å². The Kier molecular flexibility index (Phi) is 5.35. The molecule has 1 N–H and O–H groups in total. The van der Waals surface area contributed by atoms with E-state index in [0.29, 0.717) is 17.7 Å². The molecule has 2 aromatic rings. The van der Waals surface area contributed by atoms with E-state index in [2.05, 4.69) is 5.32 Å². The summed E-state index contributed by atoms with van der Waals surface area (Å²) in [7, 11) is 0. The fourth-order valence-electron chi connectivity index (χ4n) is 3.36. The molecule has 5 heteroatoms. The van der Waals surface area contributed by atoms with Crippen LogP contribution >= 0.6 is 0 Å². The molecule has 4 nitrogen and oxygen atoms in total. The Labute approximate surface area is 153 Å². The standard InChI is InChI=1S/C21H23FN2O2/c1-3-14(2)19(20(25)23-12-15-8-5-7-11-18(15)22)24-13-16-9-4-6-10-17(16)21(24)26/h4-11,14,19H,3,12-13H2,1-2H3,(H,23,25)/t14-,19+/m1/s1. The Morgan fingerprint density at radius 2 is 1.88 bits per heavy atom. The molecule has 1 heterocycles. The zero-order valence-corrected chi connectivity index (χ0v) is 15.0. The number of hydrogen-bond acceptors (Lipinski definition) is 2. The lowest BCUT2D eigenvalue weighted by molar-refractivity contribution is -0.127. The van der Waals surface area contributed by atoms with Gasteiger partial charge in [-0.2, -0.15) is 0 Å². The first-order chi connectivity index (χ1) is 12.5. The third kappa shape index (κ3) is 3.47. The summed E-state index contributed by atoms with van der Waals surface area (Å²) in [6.07, 6.45) is 0.762. The minimum absolute atomic E-state index is 0.00566. The number of carbonyl (C=O) groups excluding carboxylic acids is 2. The number of hydrogen-bond donors (Lipinski definition) is 1. The van der Waals surface area contributed by atoms with Crippen molar-refractivity contribution in [2.24, 2.45) is 5.92 Å². The van der Waals surface area contributed by atoms with Gasteiger partial charge in [0.2, 0.25) is 5.91 Å². The van der Waals surface area contributed by atoms with Crippen LogP contribution in [0.4, 0.5) is 4.39 Å². The number of amides is 2. The Morgan fingerprint density at radius 1 is 1.19 bits per heavy atom. The smallest absolute Gasteiger partial charge is 0.255 e. The molecule has 2 amide bonds. The van der Waals surface area contributed by atoms with Gasteiger partial charge in [-0.15, -0.1) is 0 Å². The van der Waals surface area contributed by atoms with E-state index in [1.54, 1.807) is 29.2 Å². The van der Waals surface area contributed by atoms with E-state index in [-0.39, 0.29) is 30.1 Å². The number of fused-ring (bicyclic) bond motifs is 1. The predicted octanol–water partition coefficient (Wildman–Crippen LogP) is 3.51. The second-order valence-electron chi connectivity index (χ2n) is 6.73. The molecule has 0 fully saturated rings. The second kappa shape index (κ2) is 7.68. The third-order valence-corrected chi connectivity index (χ3v) is 5.05. The number of nitrogens with zero attached hydrogens (tertiary/aromatic N) is 1. The molecule has 136 valence electrons. The fraction of sp³-hybridized carbons (Fsp3) is 0.333. The Morgan fingerprint density at radius 3 is 2.58 bits per heavy atom. The number of carbonyl (C=O) groups is 2. The van der Waals surface area contributed by atoms with Gasteiger partial charge in [0.25, 0.3) is 5.91 Å². The highest BCUT2D eigenvalue weighted by Crippen LogP contribution is 2.28. The van der Waals surface area contributed by atoms with E-state index in [1.807, 2.05) is 32.0 Å². The summed E-state index contributed by atoms with van der Waals surface area (Å²) in [6.45, 7) is 4.49. The average molecular weight is 354 g/mol. The van der Waals surface area contributed by atoms with E-state index in [0.717, 1.165) is 12.0 Å². The summed E-state index contributed by atoms with van der Waals surface area (Å²) in [5, 5.41) is 2.81. The maximum Gasteiger partial charge on any atom is 0.255 e. The first-order valence-electron chi connectivity index (χ1n) is 8.93. The number of halogens is 1. The Balaban J connectivity index is 1.78. The predicted molar refractivity (Wildman–Crippen MR) is 97.8 cm³/mol. The van der Waals surface area contributed by atoms with Crippen LogP contribution in [-0.4, -0.2) is 22.8 Å². The first kappa shape index (κ1) is 18.1. The van der Waals surface area contributed by atoms with Gasteiger partial charge in [-0.25, -0.2) is 4.39 Å². The molecule has 1 aliphatic rings. The first-order valence-corrected chi connectivity index (χ1v) is 8.93. The van der Waals surface area contributed by atoms with Crippen molar-refractivity contribution in [2.75, 3.05) is 0 Å². The fourth-order valence-corrected chi connectivity index (χ4v) is 3.36. The van der Waals surface area contributed by atoms with E-state index in [9.17, 15) is 14.0 Å². The van der Waals surface area contributed by atoms with Crippen molar-refractivity contribution in [1.82, 2.24) is 10.2 Å². The van der Waals surface area contributed by atoms with E-state index >= 15 is 0 Å². The van der Waals surface area contributed by atoms with Crippen molar-refractivity contribution in [1.29, 1.82) is 0 Å². The molecule has 0 bridgehead atoms. The normalized spacial score (nSPS) is 15.5. The third-order valence-electron chi connectivity index (χ3n) is 5.05. The molecule has 2 atom stereocenters. The zero-order chi connectivity index (χ0) is 18.7. The molecule has 2 aromatic carbocycles. The van der Waals surface area contributed by atoms with Crippen LogP contribution in [-0.2, 0) is 17.9 Å². The molecule has 1 aliphatic heterocycles. The minimum atomic E-state index is -0.577. The van der Waals surface area contributed by atoms with Crippen LogP contribution < -0.4 is 5.32 Å². The highest BCUT2D eigenvalue weighted by molar-refractivity contribution is 6.01. The van der Waals surface area contributed by atoms with Crippen LogP contribution in [0.15, 0.2) is 48.5 Å². The molecule has 0 radical (unpaired) electrons. The van der Waals surface area contributed by atoms with E-state index in [4.69, 9.17) is 0 Å². The van der Waals surface area contributed by atoms with Crippen molar-refractivity contribution < 1.29 is 14.0 Å². The molecule has 0 aliphatic carbocycles. The summed E-state index contributed by atoms with van der Waals surface area (Å²) in [5.41, 5.74) is 2.02. The SMILES string of the molecule is CC[C@@H](C)[C@@H](C(=O)NCc1ccccc1F)N1Cc2ccccc2C1=O. The van der Waals surface area contributed by atoms with Gasteiger partial charge in [0.1, 0.15) is 11.9 Å². The van der Waals surface area contributed by atoms with Crippen molar-refractivity contribution >= 4 is 11.8 Å². The van der Waals surface area contributed by atoms with Gasteiger partial charge in [0.15, 0.2) is 0 Å². The molecule has 0 saturated carbocycles. The van der Waals surface area contributed by atoms with Gasteiger partial charge >= 0.3 is 0 Å². The van der Waals surface area contributed by atoms with E-state index < -0.39 is 6.04 Å². The maximum absolute atomic E-state index is 13.8. The van der Waals surface area contributed by atoms with Gasteiger partial charge < -0.3 is 10.2 Å². The summed E-state index contributed by atoms with van der Waals surface area (Å²) >= 11 is 0. The highest BCUT2D eigenvalue weighted by Gasteiger charge is 2.38. The monoisotopic (exact) mass is 354 g/mol. The lowest BCUT2D eigenvalue weighted by Gasteiger charge is -2.31. The van der Waals surface area contributed by atoms with Crippen LogP contribution in [0.5, 0.6) is 0 Å². The molecule has 26 heavy (non-hydrogen) atoms. The maximum atomic E-state index is 13.8. The molecular formula is C21H23FN2O2. The number of nitrogens with one attached hydrogen (secondary N) is 1. The van der Waals surface area contributed by atoms with Crippen LogP contribution in [0, 0.1) is 11.7 Å². The van der Waals surface area contributed by atoms with Crippen molar-refractivity contribution in [3.8, 4) is 0 Å². The van der Waals surface area contributed by atoms with E-state index in [1.165, 1.54) is 6.07 Å². The number of benzene rings is 2. The highest BCUT2D eigenvalue weighted by atomic mass is 19.1. The average Bonchev–Trinajstić information content (AvgIpc) is 2.98. The zero-order valence-electron chi connectivity index (χ0n) is 15.0. The lowest BCUT2D eigenvalue weighted by Crippen LogP contribution is -2.50. The lowest BCUT2D eigenvalue weighted by atomic mass is 9.96. The number of rotatable bonds is 6. The van der Waals surface area contributed by atoms with Gasteiger partial charge in [0, 0.05) is 24.2 Å². The minimum Gasteiger partial charge on any atom is -0.350 e. The van der Waals surface area contributed by atoms with Crippen molar-refractivity contribution in [3.05, 3.63) is 71.0 Å². The van der Waals surface area contributed by atoms with Crippen LogP contribution in [0.1, 0.15) is 41.8 Å². The Bertz CT molecular complexity index is 821. The van der Waals surface area contributed by atoms with Gasteiger partial charge in [-0.05, 0) is 23.6 Å².